The van der Waals surface area contributed by atoms with Crippen LogP contribution in [0.15, 0.2) is 24.3 Å². The van der Waals surface area contributed by atoms with E-state index in [2.05, 4.69) is 52.0 Å². The van der Waals surface area contributed by atoms with E-state index in [0.29, 0.717) is 5.92 Å². The van der Waals surface area contributed by atoms with Gasteiger partial charge in [-0.25, -0.2) is 0 Å². The lowest BCUT2D eigenvalue weighted by Gasteiger charge is -2.15. The Bertz CT molecular complexity index is 269. The van der Waals surface area contributed by atoms with Gasteiger partial charge < -0.3 is 0 Å². The highest BCUT2D eigenvalue weighted by atomic mass is 14.1. The summed E-state index contributed by atoms with van der Waals surface area (Å²) in [6.07, 6.45) is 3.86. The van der Waals surface area contributed by atoms with Gasteiger partial charge in [0, 0.05) is 0 Å². The molecule has 0 heterocycles. The maximum absolute atomic E-state index is 2.32. The van der Waals surface area contributed by atoms with Crippen LogP contribution in [-0.2, 0) is 0 Å². The normalized spacial score (nSPS) is 13.1. The Kier molecular flexibility index (Phi) is 4.87. The monoisotopic (exact) mass is 204 g/mol. The van der Waals surface area contributed by atoms with E-state index in [-0.39, 0.29) is 0 Å². The number of rotatable bonds is 5. The molecule has 0 saturated carbocycles. The molecule has 0 heteroatoms. The first-order valence-electron chi connectivity index (χ1n) is 6.28. The molecule has 84 valence electrons. The lowest BCUT2D eigenvalue weighted by Crippen LogP contribution is -1.97. The lowest BCUT2D eigenvalue weighted by atomic mass is 9.90. The summed E-state index contributed by atoms with van der Waals surface area (Å²) in [5.41, 5.74) is 2.97. The zero-order chi connectivity index (χ0) is 11.3. The highest BCUT2D eigenvalue weighted by molar-refractivity contribution is 5.27. The summed E-state index contributed by atoms with van der Waals surface area (Å²) in [6, 6.07) is 9.22. The van der Waals surface area contributed by atoms with Gasteiger partial charge in [0.25, 0.3) is 0 Å². The van der Waals surface area contributed by atoms with Gasteiger partial charge >= 0.3 is 0 Å². The van der Waals surface area contributed by atoms with Gasteiger partial charge in [0.1, 0.15) is 0 Å². The Morgan fingerprint density at radius 1 is 0.933 bits per heavy atom. The highest BCUT2D eigenvalue weighted by Gasteiger charge is 2.08. The molecule has 0 saturated heterocycles. The van der Waals surface area contributed by atoms with Gasteiger partial charge in [-0.1, -0.05) is 58.4 Å². The third kappa shape index (κ3) is 3.37. The molecule has 0 amide bonds. The Balaban J connectivity index is 2.77. The van der Waals surface area contributed by atoms with E-state index < -0.39 is 0 Å². The van der Waals surface area contributed by atoms with Crippen molar-refractivity contribution in [2.24, 2.45) is 0 Å². The predicted molar refractivity (Wildman–Crippen MR) is 68.5 cm³/mol. The zero-order valence-corrected chi connectivity index (χ0v) is 10.6. The van der Waals surface area contributed by atoms with Gasteiger partial charge in [-0.05, 0) is 35.8 Å². The second-order valence-corrected chi connectivity index (χ2v) is 4.72. The highest BCUT2D eigenvalue weighted by Crippen LogP contribution is 2.26. The van der Waals surface area contributed by atoms with Crippen molar-refractivity contribution in [3.05, 3.63) is 35.4 Å². The second kappa shape index (κ2) is 5.95. The molecule has 1 unspecified atom stereocenters. The van der Waals surface area contributed by atoms with Gasteiger partial charge in [-0.3, -0.25) is 0 Å². The fraction of sp³-hybridized carbons (Fsp3) is 0.600. The molecule has 0 fully saturated rings. The van der Waals surface area contributed by atoms with E-state index in [1.165, 1.54) is 30.4 Å². The molecule has 15 heavy (non-hydrogen) atoms. The van der Waals surface area contributed by atoms with Crippen LogP contribution in [0.2, 0.25) is 0 Å². The van der Waals surface area contributed by atoms with Gasteiger partial charge in [0.15, 0.2) is 0 Å². The minimum Gasteiger partial charge on any atom is -0.0654 e. The smallest absolute Gasteiger partial charge is 0.0165 e. The number of hydrogen-bond acceptors (Lipinski definition) is 0. The first-order valence-corrected chi connectivity index (χ1v) is 6.28. The van der Waals surface area contributed by atoms with Crippen LogP contribution in [0.3, 0.4) is 0 Å². The van der Waals surface area contributed by atoms with Crippen LogP contribution in [0.1, 0.15) is 69.9 Å². The molecular weight excluding hydrogens is 180 g/mol. The SMILES string of the molecule is CCCC(CC)c1ccc(C(C)C)cc1. The van der Waals surface area contributed by atoms with Crippen molar-refractivity contribution in [3.63, 3.8) is 0 Å². The lowest BCUT2D eigenvalue weighted by molar-refractivity contribution is 0.595. The molecular formula is C15H24. The van der Waals surface area contributed by atoms with E-state index in [1.807, 2.05) is 0 Å². The predicted octanol–water partition coefficient (Wildman–Crippen LogP) is 5.10. The van der Waals surface area contributed by atoms with Crippen LogP contribution in [0, 0.1) is 0 Å². The van der Waals surface area contributed by atoms with Crippen molar-refractivity contribution in [2.45, 2.75) is 58.8 Å². The summed E-state index contributed by atoms with van der Waals surface area (Å²) in [5.74, 6) is 1.40. The van der Waals surface area contributed by atoms with Gasteiger partial charge in [0.05, 0.1) is 0 Å². The molecule has 1 atom stereocenters. The van der Waals surface area contributed by atoms with Gasteiger partial charge in [-0.15, -0.1) is 0 Å². The Morgan fingerprint density at radius 3 is 1.87 bits per heavy atom. The summed E-state index contributed by atoms with van der Waals surface area (Å²) in [5, 5.41) is 0. The van der Waals surface area contributed by atoms with Crippen LogP contribution >= 0.6 is 0 Å². The molecule has 0 radical (unpaired) electrons. The molecule has 0 aliphatic heterocycles. The molecule has 0 aliphatic carbocycles. The summed E-state index contributed by atoms with van der Waals surface area (Å²) < 4.78 is 0. The van der Waals surface area contributed by atoms with Crippen molar-refractivity contribution < 1.29 is 0 Å². The number of benzene rings is 1. The van der Waals surface area contributed by atoms with Gasteiger partial charge in [0.2, 0.25) is 0 Å². The first-order chi connectivity index (χ1) is 7.19. The van der Waals surface area contributed by atoms with Crippen molar-refractivity contribution in [1.29, 1.82) is 0 Å². The quantitative estimate of drug-likeness (QED) is 0.625. The molecule has 0 bridgehead atoms. The van der Waals surface area contributed by atoms with Crippen molar-refractivity contribution >= 4 is 0 Å². The third-order valence-corrected chi connectivity index (χ3v) is 3.20. The van der Waals surface area contributed by atoms with Crippen molar-refractivity contribution in [1.82, 2.24) is 0 Å². The Labute approximate surface area is 94.7 Å². The van der Waals surface area contributed by atoms with E-state index in [0.717, 1.165) is 5.92 Å². The second-order valence-electron chi connectivity index (χ2n) is 4.72. The fourth-order valence-corrected chi connectivity index (χ4v) is 2.11. The maximum atomic E-state index is 2.32. The minimum atomic E-state index is 0.644. The number of hydrogen-bond donors (Lipinski definition) is 0. The summed E-state index contributed by atoms with van der Waals surface area (Å²) >= 11 is 0. The third-order valence-electron chi connectivity index (χ3n) is 3.20. The van der Waals surface area contributed by atoms with Crippen molar-refractivity contribution in [2.75, 3.05) is 0 Å². The fourth-order valence-electron chi connectivity index (χ4n) is 2.11. The molecule has 0 aromatic heterocycles. The summed E-state index contributed by atoms with van der Waals surface area (Å²) in [6.45, 7) is 9.05. The average Bonchev–Trinajstić information content (AvgIpc) is 2.26. The molecule has 0 spiro atoms. The molecule has 1 aromatic carbocycles. The van der Waals surface area contributed by atoms with E-state index in [1.54, 1.807) is 0 Å². The standard InChI is InChI=1S/C15H24/c1-5-7-13(6-2)15-10-8-14(9-11-15)12(3)4/h8-13H,5-7H2,1-4H3. The van der Waals surface area contributed by atoms with Crippen LogP contribution in [0.4, 0.5) is 0 Å². The van der Waals surface area contributed by atoms with Crippen LogP contribution in [0.25, 0.3) is 0 Å². The summed E-state index contributed by atoms with van der Waals surface area (Å²) in [4.78, 5) is 0. The summed E-state index contributed by atoms with van der Waals surface area (Å²) in [7, 11) is 0. The topological polar surface area (TPSA) is 0 Å². The maximum Gasteiger partial charge on any atom is -0.0165 e. The molecule has 0 N–H and O–H groups in total. The largest absolute Gasteiger partial charge is 0.0654 e. The molecule has 0 aliphatic rings. The Hall–Kier alpha value is -0.780. The van der Waals surface area contributed by atoms with Crippen LogP contribution < -0.4 is 0 Å². The first kappa shape index (κ1) is 12.3. The van der Waals surface area contributed by atoms with Crippen molar-refractivity contribution in [3.8, 4) is 0 Å². The molecule has 1 rings (SSSR count). The van der Waals surface area contributed by atoms with Gasteiger partial charge in [-0.2, -0.15) is 0 Å². The Morgan fingerprint density at radius 2 is 1.47 bits per heavy atom. The van der Waals surface area contributed by atoms with Crippen LogP contribution in [-0.4, -0.2) is 0 Å². The molecule has 1 aromatic rings. The van der Waals surface area contributed by atoms with E-state index in [9.17, 15) is 0 Å². The van der Waals surface area contributed by atoms with E-state index >= 15 is 0 Å². The molecule has 0 nitrogen and oxygen atoms in total. The van der Waals surface area contributed by atoms with Crippen LogP contribution in [0.5, 0.6) is 0 Å². The zero-order valence-electron chi connectivity index (χ0n) is 10.6. The minimum absolute atomic E-state index is 0.644. The van der Waals surface area contributed by atoms with E-state index in [4.69, 9.17) is 0 Å². The average molecular weight is 204 g/mol.